The number of alkyl halides is 2. The van der Waals surface area contributed by atoms with Gasteiger partial charge in [0.2, 0.25) is 0 Å². The van der Waals surface area contributed by atoms with Gasteiger partial charge in [-0.2, -0.15) is 8.78 Å². The van der Waals surface area contributed by atoms with Crippen molar-refractivity contribution in [3.8, 4) is 11.5 Å². The predicted molar refractivity (Wildman–Crippen MR) is 123 cm³/mol. The largest absolute Gasteiger partial charge is 0.493 e. The zero-order valence-corrected chi connectivity index (χ0v) is 19.9. The number of hydrogen-bond acceptors (Lipinski definition) is 5. The van der Waals surface area contributed by atoms with E-state index < -0.39 is 6.61 Å². The van der Waals surface area contributed by atoms with E-state index in [0.717, 1.165) is 17.8 Å². The number of rotatable bonds is 10. The molecule has 2 N–H and O–H groups in total. The zero-order chi connectivity index (χ0) is 20.4. The summed E-state index contributed by atoms with van der Waals surface area (Å²) < 4.78 is 35.7. The Balaban J connectivity index is 0.00000420. The highest BCUT2D eigenvalue weighted by Crippen LogP contribution is 2.26. The number of guanidine groups is 1. The van der Waals surface area contributed by atoms with E-state index in [1.807, 2.05) is 20.0 Å². The van der Waals surface area contributed by atoms with Gasteiger partial charge in [0.05, 0.1) is 11.6 Å². The molecule has 0 spiro atoms. The summed E-state index contributed by atoms with van der Waals surface area (Å²) in [6.45, 7) is 2.55. The SMILES string of the molecule is CCCOc1ccc(CNC(=NC)NCCc2ncc(C)s2)c(OC(F)F)c1.I. The van der Waals surface area contributed by atoms with Crippen molar-refractivity contribution in [2.24, 2.45) is 4.99 Å². The average molecular weight is 540 g/mol. The summed E-state index contributed by atoms with van der Waals surface area (Å²) in [4.78, 5) is 9.65. The molecule has 2 rings (SSSR count). The minimum Gasteiger partial charge on any atom is -0.493 e. The molecule has 0 bridgehead atoms. The maximum atomic E-state index is 12.8. The lowest BCUT2D eigenvalue weighted by Crippen LogP contribution is -2.37. The minimum absolute atomic E-state index is 0. The van der Waals surface area contributed by atoms with Crippen molar-refractivity contribution in [2.75, 3.05) is 20.2 Å². The van der Waals surface area contributed by atoms with E-state index in [0.29, 0.717) is 30.4 Å². The molecule has 0 aliphatic rings. The van der Waals surface area contributed by atoms with Gasteiger partial charge in [0, 0.05) is 49.3 Å². The second-order valence-corrected chi connectivity index (χ2v) is 7.28. The Morgan fingerprint density at radius 1 is 1.31 bits per heavy atom. The second-order valence-electron chi connectivity index (χ2n) is 5.96. The van der Waals surface area contributed by atoms with Crippen LogP contribution in [0.2, 0.25) is 0 Å². The van der Waals surface area contributed by atoms with Gasteiger partial charge in [-0.25, -0.2) is 4.98 Å². The Hall–Kier alpha value is -1.69. The summed E-state index contributed by atoms with van der Waals surface area (Å²) in [5.41, 5.74) is 0.586. The Kier molecular flexibility index (Phi) is 11.8. The third-order valence-electron chi connectivity index (χ3n) is 3.70. The van der Waals surface area contributed by atoms with Gasteiger partial charge in [0.1, 0.15) is 11.5 Å². The van der Waals surface area contributed by atoms with Crippen LogP contribution in [0.1, 0.15) is 28.8 Å². The van der Waals surface area contributed by atoms with Gasteiger partial charge in [-0.1, -0.05) is 6.92 Å². The molecule has 0 aliphatic carbocycles. The lowest BCUT2D eigenvalue weighted by Gasteiger charge is -2.15. The normalized spacial score (nSPS) is 11.2. The third-order valence-corrected chi connectivity index (χ3v) is 4.67. The Morgan fingerprint density at radius 2 is 2.10 bits per heavy atom. The fourth-order valence-corrected chi connectivity index (χ4v) is 3.19. The summed E-state index contributed by atoms with van der Waals surface area (Å²) in [6.07, 6.45) is 3.46. The molecule has 6 nitrogen and oxygen atoms in total. The van der Waals surface area contributed by atoms with Crippen LogP contribution in [-0.2, 0) is 13.0 Å². The van der Waals surface area contributed by atoms with Gasteiger partial charge in [-0.05, 0) is 25.5 Å². The number of nitrogens with zero attached hydrogens (tertiary/aromatic N) is 2. The van der Waals surface area contributed by atoms with E-state index in [-0.39, 0.29) is 36.3 Å². The number of hydrogen-bond donors (Lipinski definition) is 2. The monoisotopic (exact) mass is 540 g/mol. The highest BCUT2D eigenvalue weighted by molar-refractivity contribution is 14.0. The lowest BCUT2D eigenvalue weighted by atomic mass is 10.2. The molecule has 162 valence electrons. The molecule has 0 atom stereocenters. The van der Waals surface area contributed by atoms with Crippen molar-refractivity contribution in [3.63, 3.8) is 0 Å². The first-order valence-corrected chi connectivity index (χ1v) is 9.89. The molecule has 1 aromatic carbocycles. The van der Waals surface area contributed by atoms with Crippen molar-refractivity contribution < 1.29 is 18.3 Å². The van der Waals surface area contributed by atoms with Gasteiger partial charge >= 0.3 is 6.61 Å². The summed E-state index contributed by atoms with van der Waals surface area (Å²) in [6, 6.07) is 4.94. The molecule has 10 heteroatoms. The fourth-order valence-electron chi connectivity index (χ4n) is 2.40. The summed E-state index contributed by atoms with van der Waals surface area (Å²) in [7, 11) is 1.65. The van der Waals surface area contributed by atoms with Crippen molar-refractivity contribution in [1.29, 1.82) is 0 Å². The number of aryl methyl sites for hydroxylation is 1. The minimum atomic E-state index is -2.90. The van der Waals surface area contributed by atoms with Gasteiger partial charge < -0.3 is 20.1 Å². The number of aromatic nitrogens is 1. The first-order chi connectivity index (χ1) is 13.5. The summed E-state index contributed by atoms with van der Waals surface area (Å²) in [5, 5.41) is 7.35. The topological polar surface area (TPSA) is 67.8 Å². The van der Waals surface area contributed by atoms with Crippen molar-refractivity contribution >= 4 is 41.3 Å². The molecule has 0 amide bonds. The maximum absolute atomic E-state index is 12.8. The Bertz CT molecular complexity index is 774. The molecule has 0 radical (unpaired) electrons. The molecule has 0 saturated carbocycles. The summed E-state index contributed by atoms with van der Waals surface area (Å²) >= 11 is 1.66. The maximum Gasteiger partial charge on any atom is 0.387 e. The van der Waals surface area contributed by atoms with Gasteiger partial charge in [0.15, 0.2) is 5.96 Å². The molecule has 2 aromatic rings. The van der Waals surface area contributed by atoms with Crippen LogP contribution in [0.3, 0.4) is 0 Å². The van der Waals surface area contributed by atoms with E-state index in [4.69, 9.17) is 4.74 Å². The smallest absolute Gasteiger partial charge is 0.387 e. The van der Waals surface area contributed by atoms with Crippen molar-refractivity contribution in [3.05, 3.63) is 39.8 Å². The van der Waals surface area contributed by atoms with Gasteiger partial charge in [-0.3, -0.25) is 4.99 Å². The van der Waals surface area contributed by atoms with E-state index in [2.05, 4.69) is 25.3 Å². The van der Waals surface area contributed by atoms with E-state index >= 15 is 0 Å². The molecule has 1 heterocycles. The molecule has 0 saturated heterocycles. The van der Waals surface area contributed by atoms with E-state index in [1.165, 1.54) is 10.9 Å². The first kappa shape index (κ1) is 25.3. The van der Waals surface area contributed by atoms with Crippen molar-refractivity contribution in [1.82, 2.24) is 15.6 Å². The number of aliphatic imine (C=N–C) groups is 1. The van der Waals surface area contributed by atoms with Crippen LogP contribution in [0.25, 0.3) is 0 Å². The van der Waals surface area contributed by atoms with Gasteiger partial charge in [-0.15, -0.1) is 35.3 Å². The fraction of sp³-hybridized carbons (Fsp3) is 0.474. The number of benzene rings is 1. The van der Waals surface area contributed by atoms with E-state index in [1.54, 1.807) is 30.5 Å². The van der Waals surface area contributed by atoms with Crippen LogP contribution in [0.4, 0.5) is 8.78 Å². The van der Waals surface area contributed by atoms with Crippen LogP contribution in [0.5, 0.6) is 11.5 Å². The zero-order valence-electron chi connectivity index (χ0n) is 16.7. The molecule has 0 aliphatic heterocycles. The molecular weight excluding hydrogens is 513 g/mol. The second kappa shape index (κ2) is 13.5. The van der Waals surface area contributed by atoms with Crippen LogP contribution in [0.15, 0.2) is 29.4 Å². The highest BCUT2D eigenvalue weighted by Gasteiger charge is 2.12. The Morgan fingerprint density at radius 3 is 2.72 bits per heavy atom. The summed E-state index contributed by atoms with van der Waals surface area (Å²) in [5.74, 6) is 1.16. The molecular formula is C19H27F2IN4O2S. The van der Waals surface area contributed by atoms with E-state index in [9.17, 15) is 8.78 Å². The standard InChI is InChI=1S/C19H26F2N4O2S.HI/c1-4-9-26-15-6-5-14(16(10-15)27-18(20)21)12-25-19(22-3)23-8-7-17-24-11-13(2)28-17;/h5-6,10-11,18H,4,7-9,12H2,1-3H3,(H2,22,23,25);1H. The highest BCUT2D eigenvalue weighted by atomic mass is 127. The van der Waals surface area contributed by atoms with Crippen molar-refractivity contribution in [2.45, 2.75) is 39.8 Å². The third kappa shape index (κ3) is 9.11. The Labute approximate surface area is 191 Å². The number of ether oxygens (including phenoxy) is 2. The molecule has 0 unspecified atom stereocenters. The molecule has 29 heavy (non-hydrogen) atoms. The molecule has 1 aromatic heterocycles. The first-order valence-electron chi connectivity index (χ1n) is 9.08. The quantitative estimate of drug-likeness (QED) is 0.266. The van der Waals surface area contributed by atoms with Crippen LogP contribution in [0, 0.1) is 6.92 Å². The average Bonchev–Trinajstić information content (AvgIpc) is 3.08. The van der Waals surface area contributed by atoms with Crippen LogP contribution < -0.4 is 20.1 Å². The number of nitrogens with one attached hydrogen (secondary N) is 2. The lowest BCUT2D eigenvalue weighted by molar-refractivity contribution is -0.0505. The van der Waals surface area contributed by atoms with Gasteiger partial charge in [0.25, 0.3) is 0 Å². The van der Waals surface area contributed by atoms with Crippen LogP contribution >= 0.6 is 35.3 Å². The number of halogens is 3. The molecule has 0 fully saturated rings. The van der Waals surface area contributed by atoms with Crippen LogP contribution in [-0.4, -0.2) is 37.8 Å². The number of thiazole rings is 1. The predicted octanol–water partition coefficient (Wildman–Crippen LogP) is 4.37.